The number of aliphatic imine (C=N–C) groups is 1. The minimum Gasteiger partial charge on any atom is -0.379 e. The Bertz CT molecular complexity index is 629. The Morgan fingerprint density at radius 2 is 1.93 bits per heavy atom. The van der Waals surface area contributed by atoms with Gasteiger partial charge in [0.2, 0.25) is 0 Å². The maximum atomic E-state index is 13.1. The van der Waals surface area contributed by atoms with E-state index in [-0.39, 0.29) is 5.82 Å². The van der Waals surface area contributed by atoms with Gasteiger partial charge in [-0.1, -0.05) is 0 Å². The van der Waals surface area contributed by atoms with Gasteiger partial charge in [0.1, 0.15) is 5.82 Å². The summed E-state index contributed by atoms with van der Waals surface area (Å²) in [6.07, 6.45) is 3.51. The number of hydrogen-bond donors (Lipinski definition) is 2. The van der Waals surface area contributed by atoms with Gasteiger partial charge in [0.15, 0.2) is 5.96 Å². The van der Waals surface area contributed by atoms with Crippen LogP contribution in [0.1, 0.15) is 19.3 Å². The lowest BCUT2D eigenvalue weighted by atomic mass is 10.2. The molecule has 2 aliphatic heterocycles. The van der Waals surface area contributed by atoms with Crippen LogP contribution < -0.4 is 15.5 Å². The van der Waals surface area contributed by atoms with Crippen molar-refractivity contribution < 1.29 is 13.9 Å². The van der Waals surface area contributed by atoms with Gasteiger partial charge in [-0.15, -0.1) is 0 Å². The van der Waals surface area contributed by atoms with Crippen LogP contribution in [-0.4, -0.2) is 89.6 Å². The Hall–Kier alpha value is -1.90. The van der Waals surface area contributed by atoms with Gasteiger partial charge in [-0.05, 0) is 43.5 Å². The second-order valence-electron chi connectivity index (χ2n) is 7.79. The summed E-state index contributed by atoms with van der Waals surface area (Å²) in [5.41, 5.74) is 1.10. The van der Waals surface area contributed by atoms with Crippen LogP contribution in [0.3, 0.4) is 0 Å². The lowest BCUT2D eigenvalue weighted by molar-refractivity contribution is 0.0168. The molecule has 2 saturated heterocycles. The van der Waals surface area contributed by atoms with Crippen molar-refractivity contribution in [3.05, 3.63) is 30.1 Å². The molecule has 8 heteroatoms. The first kappa shape index (κ1) is 22.8. The van der Waals surface area contributed by atoms with Gasteiger partial charge in [0.05, 0.1) is 12.7 Å². The van der Waals surface area contributed by atoms with E-state index in [4.69, 9.17) is 9.47 Å². The quantitative estimate of drug-likeness (QED) is 0.341. The Morgan fingerprint density at radius 1 is 1.17 bits per heavy atom. The fourth-order valence-electron chi connectivity index (χ4n) is 3.81. The van der Waals surface area contributed by atoms with Crippen molar-refractivity contribution in [2.45, 2.75) is 25.4 Å². The maximum absolute atomic E-state index is 13.1. The topological polar surface area (TPSA) is 61.4 Å². The number of ether oxygens (including phenoxy) is 2. The van der Waals surface area contributed by atoms with Crippen molar-refractivity contribution in [1.29, 1.82) is 0 Å². The molecular formula is C22H36FN5O2. The van der Waals surface area contributed by atoms with Crippen LogP contribution in [0, 0.1) is 5.82 Å². The van der Waals surface area contributed by atoms with Gasteiger partial charge in [-0.3, -0.25) is 9.89 Å². The van der Waals surface area contributed by atoms with Crippen LogP contribution in [0.25, 0.3) is 0 Å². The molecule has 0 amide bonds. The number of guanidine groups is 1. The summed E-state index contributed by atoms with van der Waals surface area (Å²) in [4.78, 5) is 9.04. The Kier molecular flexibility index (Phi) is 9.66. The van der Waals surface area contributed by atoms with Crippen molar-refractivity contribution in [2.75, 3.05) is 77.6 Å². The first-order chi connectivity index (χ1) is 14.7. The first-order valence-electron chi connectivity index (χ1n) is 11.1. The van der Waals surface area contributed by atoms with Gasteiger partial charge in [-0.2, -0.15) is 0 Å². The number of benzene rings is 1. The highest BCUT2D eigenvalue weighted by molar-refractivity contribution is 5.79. The summed E-state index contributed by atoms with van der Waals surface area (Å²) in [6, 6.07) is 6.77. The molecule has 0 aliphatic carbocycles. The highest BCUT2D eigenvalue weighted by Gasteiger charge is 2.17. The highest BCUT2D eigenvalue weighted by Crippen LogP contribution is 2.16. The number of hydrogen-bond acceptors (Lipinski definition) is 5. The second-order valence-corrected chi connectivity index (χ2v) is 7.79. The molecule has 0 radical (unpaired) electrons. The minimum atomic E-state index is -0.184. The average molecular weight is 422 g/mol. The lowest BCUT2D eigenvalue weighted by Gasteiger charge is -2.36. The van der Waals surface area contributed by atoms with Crippen molar-refractivity contribution in [1.82, 2.24) is 15.5 Å². The van der Waals surface area contributed by atoms with Gasteiger partial charge < -0.3 is 25.0 Å². The summed E-state index contributed by atoms with van der Waals surface area (Å²) >= 11 is 0. The molecule has 30 heavy (non-hydrogen) atoms. The van der Waals surface area contributed by atoms with E-state index < -0.39 is 0 Å². The van der Waals surface area contributed by atoms with Crippen LogP contribution in [0.15, 0.2) is 29.3 Å². The summed E-state index contributed by atoms with van der Waals surface area (Å²) in [5.74, 6) is 0.649. The van der Waals surface area contributed by atoms with E-state index in [0.29, 0.717) is 12.7 Å². The zero-order valence-electron chi connectivity index (χ0n) is 18.1. The number of nitrogens with zero attached hydrogens (tertiary/aromatic N) is 3. The number of rotatable bonds is 10. The Labute approximate surface area is 179 Å². The third-order valence-electron chi connectivity index (χ3n) is 5.59. The van der Waals surface area contributed by atoms with E-state index in [0.717, 1.165) is 89.9 Å². The SMILES string of the molecule is CN=C(NCCCOCC1CCCO1)NCCN1CCN(c2ccc(F)cc2)CC1. The molecule has 0 aromatic heterocycles. The van der Waals surface area contributed by atoms with Crippen molar-refractivity contribution in [3.63, 3.8) is 0 Å². The molecule has 2 fully saturated rings. The molecule has 0 spiro atoms. The number of piperazine rings is 1. The molecule has 168 valence electrons. The molecule has 7 nitrogen and oxygen atoms in total. The first-order valence-corrected chi connectivity index (χ1v) is 11.1. The molecule has 1 aromatic rings. The number of nitrogens with one attached hydrogen (secondary N) is 2. The highest BCUT2D eigenvalue weighted by atomic mass is 19.1. The maximum Gasteiger partial charge on any atom is 0.191 e. The van der Waals surface area contributed by atoms with Crippen molar-refractivity contribution in [3.8, 4) is 0 Å². The lowest BCUT2D eigenvalue weighted by Crippen LogP contribution is -2.49. The van der Waals surface area contributed by atoms with E-state index in [2.05, 4.69) is 25.4 Å². The fourth-order valence-corrected chi connectivity index (χ4v) is 3.81. The molecule has 1 atom stereocenters. The normalized spacial score (nSPS) is 20.5. The smallest absolute Gasteiger partial charge is 0.191 e. The van der Waals surface area contributed by atoms with E-state index in [9.17, 15) is 4.39 Å². The standard InChI is InChI=1S/C22H36FN5O2/c1-24-22(25-9-3-16-29-18-21-4-2-17-30-21)26-10-11-27-12-14-28(15-13-27)20-7-5-19(23)6-8-20/h5-8,21H,2-4,9-18H2,1H3,(H2,24,25,26). The van der Waals surface area contributed by atoms with Crippen LogP contribution in [0.5, 0.6) is 0 Å². The van der Waals surface area contributed by atoms with E-state index >= 15 is 0 Å². The molecular weight excluding hydrogens is 385 g/mol. The fraction of sp³-hybridized carbons (Fsp3) is 0.682. The van der Waals surface area contributed by atoms with E-state index in [1.165, 1.54) is 12.1 Å². The Morgan fingerprint density at radius 3 is 2.63 bits per heavy atom. The van der Waals surface area contributed by atoms with Crippen LogP contribution in [0.2, 0.25) is 0 Å². The number of anilines is 1. The van der Waals surface area contributed by atoms with Crippen LogP contribution in [-0.2, 0) is 9.47 Å². The van der Waals surface area contributed by atoms with E-state index in [1.54, 1.807) is 7.05 Å². The predicted octanol–water partition coefficient (Wildman–Crippen LogP) is 1.70. The summed E-state index contributed by atoms with van der Waals surface area (Å²) in [5, 5.41) is 6.72. The molecule has 3 rings (SSSR count). The Balaban J connectivity index is 1.21. The molecule has 0 bridgehead atoms. The molecule has 2 N–H and O–H groups in total. The summed E-state index contributed by atoms with van der Waals surface area (Å²) in [6.45, 7) is 8.93. The third-order valence-corrected chi connectivity index (χ3v) is 5.59. The third kappa shape index (κ3) is 7.74. The second kappa shape index (κ2) is 12.7. The van der Waals surface area contributed by atoms with Gasteiger partial charge in [0, 0.05) is 71.8 Å². The van der Waals surface area contributed by atoms with Gasteiger partial charge in [-0.25, -0.2) is 4.39 Å². The largest absolute Gasteiger partial charge is 0.379 e. The predicted molar refractivity (Wildman–Crippen MR) is 119 cm³/mol. The van der Waals surface area contributed by atoms with Crippen molar-refractivity contribution in [2.24, 2.45) is 4.99 Å². The average Bonchev–Trinajstić information content (AvgIpc) is 3.29. The molecule has 2 heterocycles. The molecule has 2 aliphatic rings. The molecule has 1 unspecified atom stereocenters. The monoisotopic (exact) mass is 421 g/mol. The minimum absolute atomic E-state index is 0.184. The zero-order chi connectivity index (χ0) is 21.0. The summed E-state index contributed by atoms with van der Waals surface area (Å²) < 4.78 is 24.3. The van der Waals surface area contributed by atoms with Crippen LogP contribution >= 0.6 is 0 Å². The van der Waals surface area contributed by atoms with Crippen molar-refractivity contribution >= 4 is 11.6 Å². The number of halogens is 1. The van der Waals surface area contributed by atoms with Gasteiger partial charge in [0.25, 0.3) is 0 Å². The summed E-state index contributed by atoms with van der Waals surface area (Å²) in [7, 11) is 1.80. The van der Waals surface area contributed by atoms with Crippen LogP contribution in [0.4, 0.5) is 10.1 Å². The molecule has 1 aromatic carbocycles. The zero-order valence-corrected chi connectivity index (χ0v) is 18.1. The van der Waals surface area contributed by atoms with E-state index in [1.807, 2.05) is 12.1 Å². The van der Waals surface area contributed by atoms with Gasteiger partial charge >= 0.3 is 0 Å². The molecule has 0 saturated carbocycles.